The van der Waals surface area contributed by atoms with Gasteiger partial charge in [0.05, 0.1) is 24.4 Å². The normalized spacial score (nSPS) is 11.5. The van der Waals surface area contributed by atoms with Crippen molar-refractivity contribution in [3.05, 3.63) is 39.8 Å². The molecule has 0 aliphatic carbocycles. The van der Waals surface area contributed by atoms with Gasteiger partial charge in [-0.1, -0.05) is 6.92 Å². The average molecular weight is 384 g/mol. The molecule has 0 atom stereocenters. The molecule has 0 fully saturated rings. The summed E-state index contributed by atoms with van der Waals surface area (Å²) in [4.78, 5) is 8.60. The number of hydrogen-bond acceptors (Lipinski definition) is 5. The first kappa shape index (κ1) is 19.9. The fourth-order valence-electron chi connectivity index (χ4n) is 2.20. The number of nitrogens with one attached hydrogen (secondary N) is 2. The Kier molecular flexibility index (Phi) is 7.58. The van der Waals surface area contributed by atoms with Crippen molar-refractivity contribution in [2.75, 3.05) is 14.2 Å². The van der Waals surface area contributed by atoms with Gasteiger partial charge >= 0.3 is 6.61 Å². The molecule has 0 radical (unpaired) electrons. The van der Waals surface area contributed by atoms with Crippen molar-refractivity contribution in [3.63, 3.8) is 0 Å². The van der Waals surface area contributed by atoms with Crippen molar-refractivity contribution in [2.45, 2.75) is 33.0 Å². The zero-order chi connectivity index (χ0) is 18.9. The molecule has 1 heterocycles. The second-order valence-electron chi connectivity index (χ2n) is 5.22. The SMILES string of the molecule is CCc1nc(CNC(=NC)NCc2cc(OC)ccc2OC(F)F)cs1. The fourth-order valence-corrected chi connectivity index (χ4v) is 2.94. The Morgan fingerprint density at radius 2 is 2.08 bits per heavy atom. The lowest BCUT2D eigenvalue weighted by Gasteiger charge is -2.15. The summed E-state index contributed by atoms with van der Waals surface area (Å²) in [5.41, 5.74) is 1.47. The molecule has 2 aromatic rings. The quantitative estimate of drug-likeness (QED) is 0.541. The lowest BCUT2D eigenvalue weighted by Crippen LogP contribution is -2.36. The van der Waals surface area contributed by atoms with Crippen LogP contribution < -0.4 is 20.1 Å². The Hall–Kier alpha value is -2.42. The smallest absolute Gasteiger partial charge is 0.387 e. The maximum atomic E-state index is 12.6. The highest BCUT2D eigenvalue weighted by Gasteiger charge is 2.12. The predicted octanol–water partition coefficient (Wildman–Crippen LogP) is 3.18. The number of nitrogens with zero attached hydrogens (tertiary/aromatic N) is 2. The fraction of sp³-hybridized carbons (Fsp3) is 0.412. The Morgan fingerprint density at radius 3 is 2.69 bits per heavy atom. The van der Waals surface area contributed by atoms with Gasteiger partial charge in [0.1, 0.15) is 11.5 Å². The van der Waals surface area contributed by atoms with E-state index in [1.807, 2.05) is 5.38 Å². The molecule has 1 aromatic carbocycles. The number of aryl methyl sites for hydroxylation is 1. The minimum absolute atomic E-state index is 0.0934. The van der Waals surface area contributed by atoms with Gasteiger partial charge in [0.25, 0.3) is 0 Å². The summed E-state index contributed by atoms with van der Waals surface area (Å²) in [6.07, 6.45) is 0.903. The lowest BCUT2D eigenvalue weighted by atomic mass is 10.2. The summed E-state index contributed by atoms with van der Waals surface area (Å²) in [6, 6.07) is 4.67. The van der Waals surface area contributed by atoms with Crippen LogP contribution in [0, 0.1) is 0 Å². The predicted molar refractivity (Wildman–Crippen MR) is 98.2 cm³/mol. The van der Waals surface area contributed by atoms with Crippen LogP contribution in [0.2, 0.25) is 0 Å². The van der Waals surface area contributed by atoms with Crippen LogP contribution in [0.5, 0.6) is 11.5 Å². The van der Waals surface area contributed by atoms with Gasteiger partial charge in [-0.2, -0.15) is 8.78 Å². The molecule has 0 spiro atoms. The van der Waals surface area contributed by atoms with Crippen LogP contribution in [-0.2, 0) is 19.5 Å². The van der Waals surface area contributed by atoms with Crippen molar-refractivity contribution in [3.8, 4) is 11.5 Å². The van der Waals surface area contributed by atoms with Gasteiger partial charge in [0, 0.05) is 24.5 Å². The first-order chi connectivity index (χ1) is 12.5. The van der Waals surface area contributed by atoms with E-state index in [0.717, 1.165) is 17.1 Å². The van der Waals surface area contributed by atoms with Gasteiger partial charge in [-0.25, -0.2) is 4.98 Å². The van der Waals surface area contributed by atoms with Crippen molar-refractivity contribution in [2.24, 2.45) is 4.99 Å². The number of methoxy groups -OCH3 is 1. The zero-order valence-corrected chi connectivity index (χ0v) is 15.7. The van der Waals surface area contributed by atoms with Crippen LogP contribution in [0.1, 0.15) is 23.2 Å². The van der Waals surface area contributed by atoms with Crippen molar-refractivity contribution < 1.29 is 18.3 Å². The van der Waals surface area contributed by atoms with Crippen LogP contribution in [0.3, 0.4) is 0 Å². The highest BCUT2D eigenvalue weighted by atomic mass is 32.1. The second kappa shape index (κ2) is 9.91. The molecule has 9 heteroatoms. The summed E-state index contributed by atoms with van der Waals surface area (Å²) in [6.45, 7) is -0.0637. The summed E-state index contributed by atoms with van der Waals surface area (Å²) < 4.78 is 34.8. The van der Waals surface area contributed by atoms with E-state index in [9.17, 15) is 8.78 Å². The van der Waals surface area contributed by atoms with Crippen LogP contribution in [0.4, 0.5) is 8.78 Å². The third-order valence-corrected chi connectivity index (χ3v) is 4.53. The standard InChI is InChI=1S/C17H22F2N4O2S/c1-4-15-23-12(10-26-15)9-22-17(20-2)21-8-11-7-13(24-3)5-6-14(11)25-16(18)19/h5-7,10,16H,4,8-9H2,1-3H3,(H2,20,21,22). The molecule has 0 aliphatic rings. The molecule has 142 valence electrons. The number of guanidine groups is 1. The number of ether oxygens (including phenoxy) is 2. The summed E-state index contributed by atoms with van der Waals surface area (Å²) in [5, 5.41) is 9.30. The molecule has 6 nitrogen and oxygen atoms in total. The van der Waals surface area contributed by atoms with E-state index in [0.29, 0.717) is 23.8 Å². The number of hydrogen-bond donors (Lipinski definition) is 2. The number of alkyl halides is 2. The summed E-state index contributed by atoms with van der Waals surface area (Å²) in [5.74, 6) is 1.18. The maximum Gasteiger partial charge on any atom is 0.387 e. The third-order valence-electron chi connectivity index (χ3n) is 3.49. The molecule has 0 saturated carbocycles. The zero-order valence-electron chi connectivity index (χ0n) is 14.9. The van der Waals surface area contributed by atoms with E-state index in [4.69, 9.17) is 4.74 Å². The maximum absolute atomic E-state index is 12.6. The van der Waals surface area contributed by atoms with Gasteiger partial charge in [-0.05, 0) is 24.6 Å². The Morgan fingerprint density at radius 1 is 1.31 bits per heavy atom. The van der Waals surface area contributed by atoms with Crippen LogP contribution in [0.15, 0.2) is 28.6 Å². The minimum Gasteiger partial charge on any atom is -0.497 e. The van der Waals surface area contributed by atoms with E-state index in [1.165, 1.54) is 13.2 Å². The number of thiazole rings is 1. The molecule has 2 rings (SSSR count). The molecule has 0 amide bonds. The Bertz CT molecular complexity index is 737. The topological polar surface area (TPSA) is 67.8 Å². The molecule has 0 unspecified atom stereocenters. The molecule has 26 heavy (non-hydrogen) atoms. The van der Waals surface area contributed by atoms with E-state index >= 15 is 0 Å². The van der Waals surface area contributed by atoms with Crippen molar-refractivity contribution >= 4 is 17.3 Å². The molecular weight excluding hydrogens is 362 g/mol. The van der Waals surface area contributed by atoms with Crippen LogP contribution >= 0.6 is 11.3 Å². The molecule has 0 saturated heterocycles. The monoisotopic (exact) mass is 384 g/mol. The Labute approximate surface area is 155 Å². The van der Waals surface area contributed by atoms with Gasteiger partial charge in [-0.3, -0.25) is 4.99 Å². The molecule has 0 aliphatic heterocycles. The van der Waals surface area contributed by atoms with Gasteiger partial charge in [0.2, 0.25) is 0 Å². The van der Waals surface area contributed by atoms with E-state index in [-0.39, 0.29) is 12.3 Å². The van der Waals surface area contributed by atoms with Crippen molar-refractivity contribution in [1.82, 2.24) is 15.6 Å². The highest BCUT2D eigenvalue weighted by Crippen LogP contribution is 2.25. The highest BCUT2D eigenvalue weighted by molar-refractivity contribution is 7.09. The van der Waals surface area contributed by atoms with Crippen LogP contribution in [-0.4, -0.2) is 31.7 Å². The second-order valence-corrected chi connectivity index (χ2v) is 6.16. The molecule has 2 N–H and O–H groups in total. The first-order valence-corrected chi connectivity index (χ1v) is 8.93. The minimum atomic E-state index is -2.89. The molecule has 0 bridgehead atoms. The summed E-state index contributed by atoms with van der Waals surface area (Å²) in [7, 11) is 3.15. The largest absolute Gasteiger partial charge is 0.497 e. The number of aliphatic imine (C=N–C) groups is 1. The molecular formula is C17H22F2N4O2S. The van der Waals surface area contributed by atoms with Gasteiger partial charge in [-0.15, -0.1) is 11.3 Å². The van der Waals surface area contributed by atoms with E-state index in [1.54, 1.807) is 30.5 Å². The van der Waals surface area contributed by atoms with Gasteiger partial charge in [0.15, 0.2) is 5.96 Å². The van der Waals surface area contributed by atoms with Gasteiger partial charge < -0.3 is 20.1 Å². The average Bonchev–Trinajstić information content (AvgIpc) is 3.10. The van der Waals surface area contributed by atoms with Crippen LogP contribution in [0.25, 0.3) is 0 Å². The first-order valence-electron chi connectivity index (χ1n) is 8.05. The number of rotatable bonds is 8. The number of aromatic nitrogens is 1. The van der Waals surface area contributed by atoms with Crippen molar-refractivity contribution in [1.29, 1.82) is 0 Å². The van der Waals surface area contributed by atoms with E-state index < -0.39 is 6.61 Å². The lowest BCUT2D eigenvalue weighted by molar-refractivity contribution is -0.0504. The number of benzene rings is 1. The Balaban J connectivity index is 1.98. The third kappa shape index (κ3) is 5.83. The van der Waals surface area contributed by atoms with E-state index in [2.05, 4.69) is 32.3 Å². The number of halogens is 2. The summed E-state index contributed by atoms with van der Waals surface area (Å²) >= 11 is 1.62. The molecule has 1 aromatic heterocycles.